The van der Waals surface area contributed by atoms with E-state index < -0.39 is 6.04 Å². The zero-order valence-electron chi connectivity index (χ0n) is 23.9. The zero-order valence-corrected chi connectivity index (χ0v) is 24.7. The van der Waals surface area contributed by atoms with Gasteiger partial charge in [-0.1, -0.05) is 37.5 Å². The molecule has 1 N–H and O–H groups in total. The summed E-state index contributed by atoms with van der Waals surface area (Å²) in [6.07, 6.45) is 6.60. The lowest BCUT2D eigenvalue weighted by atomic mass is 9.94. The summed E-state index contributed by atoms with van der Waals surface area (Å²) in [5.74, 6) is 0.718. The summed E-state index contributed by atoms with van der Waals surface area (Å²) < 4.78 is 18.5. The summed E-state index contributed by atoms with van der Waals surface area (Å²) in [6, 6.07) is 13.4. The molecule has 1 fully saturated rings. The van der Waals surface area contributed by atoms with Gasteiger partial charge >= 0.3 is 0 Å². The Kier molecular flexibility index (Phi) is 9.32. The Labute approximate surface area is 248 Å². The van der Waals surface area contributed by atoms with Crippen molar-refractivity contribution in [1.82, 2.24) is 25.5 Å². The number of carbonyl (C=O) groups is 2. The Morgan fingerprint density at radius 1 is 1.02 bits per heavy atom. The summed E-state index contributed by atoms with van der Waals surface area (Å²) in [6.45, 7) is 0. The van der Waals surface area contributed by atoms with Gasteiger partial charge in [-0.2, -0.15) is 4.68 Å². The quantitative estimate of drug-likeness (QED) is 0.271. The molecule has 0 unspecified atom stereocenters. The van der Waals surface area contributed by atoms with E-state index in [0.29, 0.717) is 34.2 Å². The van der Waals surface area contributed by atoms with Gasteiger partial charge in [-0.05, 0) is 52.9 Å². The number of rotatable bonds is 11. The van der Waals surface area contributed by atoms with Crippen LogP contribution in [-0.4, -0.2) is 59.4 Å². The molecule has 2 aromatic heterocycles. The Morgan fingerprint density at radius 2 is 1.83 bits per heavy atom. The number of amides is 2. The highest BCUT2D eigenvalue weighted by Crippen LogP contribution is 2.41. The van der Waals surface area contributed by atoms with Gasteiger partial charge in [0.1, 0.15) is 23.8 Å². The molecule has 1 atom stereocenters. The first-order valence-electron chi connectivity index (χ1n) is 13.8. The minimum Gasteiger partial charge on any atom is -0.494 e. The summed E-state index contributed by atoms with van der Waals surface area (Å²) in [5, 5.41) is 16.6. The monoisotopic (exact) mass is 590 g/mol. The van der Waals surface area contributed by atoms with E-state index in [0.717, 1.165) is 37.0 Å². The van der Waals surface area contributed by atoms with E-state index in [2.05, 4.69) is 20.8 Å². The van der Waals surface area contributed by atoms with E-state index in [1.54, 1.807) is 43.5 Å². The molecule has 12 heteroatoms. The molecule has 1 aliphatic carbocycles. The molecule has 11 nitrogen and oxygen atoms in total. The van der Waals surface area contributed by atoms with Crippen molar-refractivity contribution in [2.24, 2.45) is 0 Å². The van der Waals surface area contributed by atoms with Crippen LogP contribution in [0.3, 0.4) is 0 Å². The average Bonchev–Trinajstić information content (AvgIpc) is 3.74. The van der Waals surface area contributed by atoms with Crippen molar-refractivity contribution in [2.75, 3.05) is 26.2 Å². The maximum Gasteiger partial charge on any atom is 0.248 e. The molecule has 2 aromatic carbocycles. The van der Waals surface area contributed by atoms with Crippen molar-refractivity contribution in [1.29, 1.82) is 0 Å². The number of para-hydroxylation sites is 1. The SMILES string of the molecule is COc1cc(N(C(=O)Cc2cccs2)[C@@H](C(=O)NC2CCCCC2)c2cccc(OC)c2OC)ccc1-n1cnnn1. The number of nitrogens with one attached hydrogen (secondary N) is 1. The normalized spacial score (nSPS) is 14.2. The number of carbonyl (C=O) groups excluding carboxylic acids is 2. The molecule has 2 amide bonds. The van der Waals surface area contributed by atoms with Gasteiger partial charge in [-0.3, -0.25) is 14.5 Å². The van der Waals surface area contributed by atoms with E-state index in [4.69, 9.17) is 14.2 Å². The van der Waals surface area contributed by atoms with Gasteiger partial charge in [0.25, 0.3) is 0 Å². The molecule has 0 bridgehead atoms. The zero-order chi connectivity index (χ0) is 29.5. The highest BCUT2D eigenvalue weighted by atomic mass is 32.1. The molecule has 5 rings (SSSR count). The maximum atomic E-state index is 14.3. The summed E-state index contributed by atoms with van der Waals surface area (Å²) in [4.78, 5) is 31.1. The topological polar surface area (TPSA) is 121 Å². The number of nitrogens with zero attached hydrogens (tertiary/aromatic N) is 5. The van der Waals surface area contributed by atoms with Crippen LogP contribution in [0.5, 0.6) is 17.2 Å². The van der Waals surface area contributed by atoms with Crippen molar-refractivity contribution in [3.05, 3.63) is 70.7 Å². The van der Waals surface area contributed by atoms with Crippen LogP contribution in [-0.2, 0) is 16.0 Å². The Bertz CT molecular complexity index is 1490. The molecule has 0 saturated heterocycles. The van der Waals surface area contributed by atoms with Crippen molar-refractivity contribution in [3.63, 3.8) is 0 Å². The van der Waals surface area contributed by atoms with E-state index in [1.807, 2.05) is 17.5 Å². The molecule has 2 heterocycles. The Hall–Kier alpha value is -4.45. The number of hydrogen-bond donors (Lipinski definition) is 1. The average molecular weight is 591 g/mol. The van der Waals surface area contributed by atoms with E-state index in [9.17, 15) is 9.59 Å². The van der Waals surface area contributed by atoms with Gasteiger partial charge in [0.05, 0.1) is 27.8 Å². The van der Waals surface area contributed by atoms with Crippen molar-refractivity contribution < 1.29 is 23.8 Å². The number of ether oxygens (including phenoxy) is 3. The smallest absolute Gasteiger partial charge is 0.248 e. The standard InChI is InChI=1S/C30H34N6O5S/c1-39-25-13-7-12-23(29(25)41-3)28(30(38)32-20-9-5-4-6-10-20)36(27(37)18-22-11-8-16-42-22)21-14-15-24(26(17-21)40-2)35-19-31-33-34-35/h7-8,11-17,19-20,28H,4-6,9-10,18H2,1-3H3,(H,32,38)/t28-/m1/s1. The number of thiophene rings is 1. The molecule has 4 aromatic rings. The first kappa shape index (κ1) is 29.1. The summed E-state index contributed by atoms with van der Waals surface area (Å²) >= 11 is 1.49. The van der Waals surface area contributed by atoms with Crippen LogP contribution in [0.1, 0.15) is 48.6 Å². The predicted octanol–water partition coefficient (Wildman–Crippen LogP) is 4.52. The van der Waals surface area contributed by atoms with Gasteiger partial charge in [0.15, 0.2) is 11.5 Å². The second-order valence-corrected chi connectivity index (χ2v) is 11.0. The molecule has 1 aliphatic rings. The molecular formula is C30H34N6O5S. The first-order chi connectivity index (χ1) is 20.5. The van der Waals surface area contributed by atoms with Gasteiger partial charge < -0.3 is 19.5 Å². The number of methoxy groups -OCH3 is 3. The lowest BCUT2D eigenvalue weighted by molar-refractivity contribution is -0.127. The summed E-state index contributed by atoms with van der Waals surface area (Å²) in [5.41, 5.74) is 1.56. The second kappa shape index (κ2) is 13.5. The molecule has 42 heavy (non-hydrogen) atoms. The van der Waals surface area contributed by atoms with Crippen LogP contribution in [0.4, 0.5) is 5.69 Å². The van der Waals surface area contributed by atoms with E-state index >= 15 is 0 Å². The Balaban J connectivity index is 1.66. The molecule has 0 spiro atoms. The van der Waals surface area contributed by atoms with Crippen LogP contribution < -0.4 is 24.4 Å². The fourth-order valence-electron chi connectivity index (χ4n) is 5.41. The van der Waals surface area contributed by atoms with Gasteiger partial charge in [0.2, 0.25) is 11.8 Å². The lowest BCUT2D eigenvalue weighted by Gasteiger charge is -2.34. The van der Waals surface area contributed by atoms with Gasteiger partial charge in [-0.25, -0.2) is 0 Å². The molecule has 1 saturated carbocycles. The minimum absolute atomic E-state index is 0.0244. The number of hydrogen-bond acceptors (Lipinski definition) is 9. The maximum absolute atomic E-state index is 14.3. The highest BCUT2D eigenvalue weighted by Gasteiger charge is 2.37. The molecule has 220 valence electrons. The lowest BCUT2D eigenvalue weighted by Crippen LogP contribution is -2.47. The second-order valence-electron chi connectivity index (χ2n) is 9.96. The van der Waals surface area contributed by atoms with Crippen molar-refractivity contribution in [2.45, 2.75) is 50.6 Å². The van der Waals surface area contributed by atoms with Gasteiger partial charge in [0, 0.05) is 28.2 Å². The van der Waals surface area contributed by atoms with Crippen molar-refractivity contribution in [3.8, 4) is 22.9 Å². The predicted molar refractivity (Wildman–Crippen MR) is 159 cm³/mol. The number of anilines is 1. The van der Waals surface area contributed by atoms with E-state index in [1.165, 1.54) is 41.5 Å². The minimum atomic E-state index is -1.06. The van der Waals surface area contributed by atoms with Crippen LogP contribution in [0, 0.1) is 0 Å². The third-order valence-electron chi connectivity index (χ3n) is 7.40. The molecule has 0 radical (unpaired) electrons. The van der Waals surface area contributed by atoms with Crippen LogP contribution in [0.25, 0.3) is 5.69 Å². The third kappa shape index (κ3) is 6.23. The molecule has 0 aliphatic heterocycles. The highest BCUT2D eigenvalue weighted by molar-refractivity contribution is 7.10. The first-order valence-corrected chi connectivity index (χ1v) is 14.7. The number of aromatic nitrogens is 4. The van der Waals surface area contributed by atoms with Crippen LogP contribution in [0.15, 0.2) is 60.2 Å². The van der Waals surface area contributed by atoms with Crippen molar-refractivity contribution >= 4 is 28.8 Å². The van der Waals surface area contributed by atoms with Gasteiger partial charge in [-0.15, -0.1) is 16.4 Å². The van der Waals surface area contributed by atoms with Crippen LogP contribution >= 0.6 is 11.3 Å². The van der Waals surface area contributed by atoms with Crippen LogP contribution in [0.2, 0.25) is 0 Å². The fraction of sp³-hybridized carbons (Fsp3) is 0.367. The third-order valence-corrected chi connectivity index (χ3v) is 8.27. The fourth-order valence-corrected chi connectivity index (χ4v) is 6.11. The largest absolute Gasteiger partial charge is 0.494 e. The number of benzene rings is 2. The number of tetrazole rings is 1. The summed E-state index contributed by atoms with van der Waals surface area (Å²) in [7, 11) is 4.60. The molecular weight excluding hydrogens is 556 g/mol. The van der Waals surface area contributed by atoms with E-state index in [-0.39, 0.29) is 24.3 Å². The Morgan fingerprint density at radius 3 is 2.50 bits per heavy atom.